The molecule has 0 bridgehead atoms. The maximum absolute atomic E-state index is 13.8. The monoisotopic (exact) mass is 791 g/mol. The second-order valence-electron chi connectivity index (χ2n) is 14.8. The molecule has 0 saturated carbocycles. The summed E-state index contributed by atoms with van der Waals surface area (Å²) in [6.45, 7) is 13.8. The molecule has 4 N–H and O–H groups in total. The van der Waals surface area contributed by atoms with E-state index in [1.807, 2.05) is 57.5 Å². The molecule has 3 amide bonds. The van der Waals surface area contributed by atoms with Gasteiger partial charge in [-0.1, -0.05) is 45.0 Å². The van der Waals surface area contributed by atoms with Crippen LogP contribution in [-0.2, 0) is 49.3 Å². The summed E-state index contributed by atoms with van der Waals surface area (Å²) in [5.41, 5.74) is 4.06. The zero-order valence-electron chi connectivity index (χ0n) is 32.8. The number of aliphatic hydroxyl groups excluding tert-OH is 1. The number of benzene rings is 1. The van der Waals surface area contributed by atoms with Crippen molar-refractivity contribution in [3.8, 4) is 10.4 Å². The number of carbonyl (C=O) groups is 3. The molecule has 3 atom stereocenters. The van der Waals surface area contributed by atoms with Gasteiger partial charge in [-0.25, -0.2) is 4.98 Å². The molecule has 3 heterocycles. The van der Waals surface area contributed by atoms with E-state index in [-0.39, 0.29) is 45.2 Å². The van der Waals surface area contributed by atoms with Crippen molar-refractivity contribution in [1.82, 2.24) is 25.8 Å². The highest BCUT2D eigenvalue weighted by molar-refractivity contribution is 7.13. The second-order valence-corrected chi connectivity index (χ2v) is 15.6. The molecule has 2 aliphatic rings. The smallest absolute Gasteiger partial charge is 0.246 e. The van der Waals surface area contributed by atoms with Crippen LogP contribution in [-0.4, -0.2) is 149 Å². The molecular formula is C39H61N5O10S. The van der Waals surface area contributed by atoms with Crippen molar-refractivity contribution in [2.24, 2.45) is 5.41 Å². The lowest BCUT2D eigenvalue weighted by Crippen LogP contribution is -2.58. The third-order valence-corrected chi connectivity index (χ3v) is 10.3. The zero-order valence-corrected chi connectivity index (χ0v) is 33.7. The number of likely N-dealkylation sites (tertiary alicyclic amines) is 1. The summed E-state index contributed by atoms with van der Waals surface area (Å²) in [4.78, 5) is 46.8. The van der Waals surface area contributed by atoms with E-state index in [0.29, 0.717) is 59.0 Å². The van der Waals surface area contributed by atoms with Crippen LogP contribution in [0.5, 0.6) is 0 Å². The number of thiazole rings is 1. The van der Waals surface area contributed by atoms with Crippen molar-refractivity contribution in [1.29, 1.82) is 0 Å². The normalized spacial score (nSPS) is 18.4. The van der Waals surface area contributed by atoms with Gasteiger partial charge < -0.3 is 54.4 Å². The van der Waals surface area contributed by atoms with Crippen molar-refractivity contribution in [2.45, 2.75) is 77.8 Å². The number of ether oxygens (including phenoxy) is 6. The van der Waals surface area contributed by atoms with Gasteiger partial charge in [-0.2, -0.15) is 0 Å². The van der Waals surface area contributed by atoms with E-state index in [0.717, 1.165) is 47.6 Å². The summed E-state index contributed by atoms with van der Waals surface area (Å²) in [5, 5.41) is 19.5. The van der Waals surface area contributed by atoms with Gasteiger partial charge in [-0.3, -0.25) is 14.4 Å². The molecule has 2 aromatic rings. The standard InChI is InChI=1S/C39H61N5O10S/c1-28-35(55-27-42-28)30-7-5-29(6-8-30)24-41-37(47)33-23-31(45)25-44(33)38(48)36(39(2,3)4)43-34(46)26-53-20-19-51-16-15-49-13-14-50-17-18-52-21-22-54-32-9-11-40-12-10-32/h5-8,27,31-33,36,40,45H,9-26H2,1-4H3,(H,41,47)(H,43,46)/t31-,33+,36-/m1/s1. The number of hydrogen-bond acceptors (Lipinski definition) is 13. The van der Waals surface area contributed by atoms with Crippen LogP contribution in [0.15, 0.2) is 29.8 Å². The summed E-state index contributed by atoms with van der Waals surface area (Å²) in [7, 11) is 0. The van der Waals surface area contributed by atoms with Crippen LogP contribution >= 0.6 is 11.3 Å². The lowest BCUT2D eigenvalue weighted by Gasteiger charge is -2.35. The van der Waals surface area contributed by atoms with Gasteiger partial charge in [0, 0.05) is 19.5 Å². The summed E-state index contributed by atoms with van der Waals surface area (Å²) < 4.78 is 33.4. The molecule has 55 heavy (non-hydrogen) atoms. The predicted octanol–water partition coefficient (Wildman–Crippen LogP) is 2.08. The van der Waals surface area contributed by atoms with Gasteiger partial charge in [-0.05, 0) is 49.4 Å². The lowest BCUT2D eigenvalue weighted by atomic mass is 9.85. The van der Waals surface area contributed by atoms with E-state index in [2.05, 4.69) is 20.9 Å². The molecule has 16 heteroatoms. The predicted molar refractivity (Wildman–Crippen MR) is 208 cm³/mol. The van der Waals surface area contributed by atoms with Gasteiger partial charge in [0.1, 0.15) is 18.7 Å². The highest BCUT2D eigenvalue weighted by Crippen LogP contribution is 2.28. The third-order valence-electron chi connectivity index (χ3n) is 9.30. The fourth-order valence-electron chi connectivity index (χ4n) is 6.26. The number of amides is 3. The van der Waals surface area contributed by atoms with Crippen LogP contribution < -0.4 is 16.0 Å². The van der Waals surface area contributed by atoms with Crippen LogP contribution in [0.25, 0.3) is 10.4 Å². The Morgan fingerprint density at radius 3 is 2.05 bits per heavy atom. The van der Waals surface area contributed by atoms with E-state index < -0.39 is 35.4 Å². The molecule has 2 aliphatic heterocycles. The Bertz CT molecular complexity index is 1430. The Kier molecular flexibility index (Phi) is 19.4. The number of piperidine rings is 1. The van der Waals surface area contributed by atoms with Crippen molar-refractivity contribution in [3.05, 3.63) is 41.0 Å². The Morgan fingerprint density at radius 2 is 1.49 bits per heavy atom. The number of nitrogens with zero attached hydrogens (tertiary/aromatic N) is 2. The number of nitrogens with one attached hydrogen (secondary N) is 3. The van der Waals surface area contributed by atoms with Crippen LogP contribution in [0.1, 0.15) is 51.3 Å². The number of aryl methyl sites for hydroxylation is 1. The van der Waals surface area contributed by atoms with E-state index >= 15 is 0 Å². The quantitative estimate of drug-likeness (QED) is 0.114. The number of aliphatic hydroxyl groups is 1. The van der Waals surface area contributed by atoms with E-state index in [4.69, 9.17) is 28.4 Å². The van der Waals surface area contributed by atoms with Crippen LogP contribution in [0, 0.1) is 12.3 Å². The minimum Gasteiger partial charge on any atom is -0.391 e. The van der Waals surface area contributed by atoms with E-state index in [9.17, 15) is 19.5 Å². The van der Waals surface area contributed by atoms with Gasteiger partial charge >= 0.3 is 0 Å². The molecule has 308 valence electrons. The summed E-state index contributed by atoms with van der Waals surface area (Å²) in [6.07, 6.45) is 1.69. The molecule has 0 unspecified atom stereocenters. The summed E-state index contributed by atoms with van der Waals surface area (Å²) in [5.74, 6) is -1.26. The molecule has 4 rings (SSSR count). The van der Waals surface area contributed by atoms with E-state index in [1.54, 1.807) is 11.3 Å². The Balaban J connectivity index is 1.05. The Hall–Kier alpha value is -3.06. The summed E-state index contributed by atoms with van der Waals surface area (Å²) >= 11 is 1.58. The molecule has 1 aromatic heterocycles. The van der Waals surface area contributed by atoms with E-state index in [1.165, 1.54) is 4.90 Å². The van der Waals surface area contributed by atoms with Crippen molar-refractivity contribution < 1.29 is 47.9 Å². The van der Waals surface area contributed by atoms with Crippen LogP contribution in [0.2, 0.25) is 0 Å². The molecule has 2 saturated heterocycles. The fourth-order valence-corrected chi connectivity index (χ4v) is 7.07. The number of β-amino-alcohol motifs (C(OH)–C–C–N with tert-alkyl or cyclic N) is 1. The number of hydrogen-bond donors (Lipinski definition) is 4. The first-order chi connectivity index (χ1) is 26.5. The van der Waals surface area contributed by atoms with Gasteiger partial charge in [0.2, 0.25) is 17.7 Å². The summed E-state index contributed by atoms with van der Waals surface area (Å²) in [6, 6.07) is 6.06. The van der Waals surface area contributed by atoms with Crippen LogP contribution in [0.4, 0.5) is 0 Å². The van der Waals surface area contributed by atoms with Gasteiger partial charge in [0.05, 0.1) is 94.4 Å². The van der Waals surface area contributed by atoms with Crippen LogP contribution in [0.3, 0.4) is 0 Å². The first kappa shape index (κ1) is 44.7. The SMILES string of the molecule is Cc1ncsc1-c1ccc(CNC(=O)[C@@H]2C[C@@H](O)CN2C(=O)[C@@H](NC(=O)COCCOCCOCCOCCOCCOC2CCNCC2)C(C)(C)C)cc1. The Morgan fingerprint density at radius 1 is 0.909 bits per heavy atom. The molecule has 0 radical (unpaired) electrons. The number of aromatic nitrogens is 1. The molecule has 15 nitrogen and oxygen atoms in total. The average Bonchev–Trinajstić information content (AvgIpc) is 3.79. The fraction of sp³-hybridized carbons (Fsp3) is 0.692. The highest BCUT2D eigenvalue weighted by Gasteiger charge is 2.44. The second kappa shape index (κ2) is 23.9. The molecule has 2 fully saturated rings. The van der Waals surface area contributed by atoms with Gasteiger partial charge in [0.25, 0.3) is 0 Å². The topological polar surface area (TPSA) is 179 Å². The lowest BCUT2D eigenvalue weighted by molar-refractivity contribution is -0.144. The van der Waals surface area contributed by atoms with Gasteiger partial charge in [-0.15, -0.1) is 11.3 Å². The molecule has 0 aliphatic carbocycles. The van der Waals surface area contributed by atoms with Gasteiger partial charge in [0.15, 0.2) is 0 Å². The first-order valence-electron chi connectivity index (χ1n) is 19.3. The number of carbonyl (C=O) groups excluding carboxylic acids is 3. The Labute approximate surface area is 329 Å². The van der Waals surface area contributed by atoms with Crippen molar-refractivity contribution in [2.75, 3.05) is 92.3 Å². The average molecular weight is 792 g/mol. The minimum atomic E-state index is -0.944. The maximum Gasteiger partial charge on any atom is 0.246 e. The maximum atomic E-state index is 13.8. The highest BCUT2D eigenvalue weighted by atomic mass is 32.1. The molecule has 0 spiro atoms. The van der Waals surface area contributed by atoms with Crippen molar-refractivity contribution in [3.63, 3.8) is 0 Å². The van der Waals surface area contributed by atoms with Crippen molar-refractivity contribution >= 4 is 29.1 Å². The minimum absolute atomic E-state index is 0.00307. The largest absolute Gasteiger partial charge is 0.391 e. The molecular weight excluding hydrogens is 731 g/mol. The third kappa shape index (κ3) is 15.8. The first-order valence-corrected chi connectivity index (χ1v) is 20.2. The number of rotatable bonds is 24. The zero-order chi connectivity index (χ0) is 39.5. The molecule has 1 aromatic carbocycles.